The maximum absolute atomic E-state index is 11.9. The molecule has 3 nitrogen and oxygen atoms in total. The van der Waals surface area contributed by atoms with Crippen LogP contribution in [0.5, 0.6) is 5.75 Å². The Kier molecular flexibility index (Phi) is 3.85. The number of carbonyl (C=O) groups excluding carboxylic acids is 1. The highest BCUT2D eigenvalue weighted by atomic mass is 32.2. The van der Waals surface area contributed by atoms with E-state index >= 15 is 0 Å². The fourth-order valence-electron chi connectivity index (χ4n) is 1.62. The third kappa shape index (κ3) is 3.00. The van der Waals surface area contributed by atoms with Gasteiger partial charge >= 0.3 is 0 Å². The van der Waals surface area contributed by atoms with Crippen LogP contribution in [0.2, 0.25) is 0 Å². The number of benzene rings is 1. The predicted molar refractivity (Wildman–Crippen MR) is 65.2 cm³/mol. The summed E-state index contributed by atoms with van der Waals surface area (Å²) in [4.78, 5) is 11.9. The smallest absolute Gasteiger partial charge is 0.211 e. The number of hydrogen-bond donors (Lipinski definition) is 1. The minimum Gasteiger partial charge on any atom is -0.508 e. The van der Waals surface area contributed by atoms with Crippen LogP contribution in [0.15, 0.2) is 24.3 Å². The second-order valence-corrected chi connectivity index (χ2v) is 6.08. The monoisotopic (exact) mass is 239 g/mol. The molecule has 16 heavy (non-hydrogen) atoms. The number of rotatable bonds is 3. The van der Waals surface area contributed by atoms with Gasteiger partial charge in [0.2, 0.25) is 5.78 Å². The van der Waals surface area contributed by atoms with Crippen molar-refractivity contribution < 1.29 is 14.6 Å². The van der Waals surface area contributed by atoms with Crippen LogP contribution < -0.4 is 0 Å². The molecule has 0 atom stereocenters. The zero-order valence-corrected chi connectivity index (χ0v) is 9.83. The van der Waals surface area contributed by atoms with Gasteiger partial charge in [0.05, 0.1) is 13.2 Å². The first-order valence-electron chi connectivity index (χ1n) is 5.30. The van der Waals surface area contributed by atoms with Crippen molar-refractivity contribution in [2.45, 2.75) is 0 Å². The van der Waals surface area contributed by atoms with E-state index in [0.717, 1.165) is 24.7 Å². The maximum Gasteiger partial charge on any atom is 0.211 e. The fourth-order valence-corrected chi connectivity index (χ4v) is 3.36. The van der Waals surface area contributed by atoms with E-state index in [4.69, 9.17) is 9.84 Å². The van der Waals surface area contributed by atoms with Gasteiger partial charge in [0.1, 0.15) is 17.3 Å². The van der Waals surface area contributed by atoms with Gasteiger partial charge in [0.15, 0.2) is 5.75 Å². The molecule has 0 radical (unpaired) electrons. The van der Waals surface area contributed by atoms with E-state index < -0.39 is 0 Å². The van der Waals surface area contributed by atoms with Crippen LogP contribution in [0.25, 0.3) is 0 Å². The highest BCUT2D eigenvalue weighted by molar-refractivity contribution is 7.97. The summed E-state index contributed by atoms with van der Waals surface area (Å²) >= 11 is 0. The molecule has 2 rings (SSSR count). The highest BCUT2D eigenvalue weighted by Crippen LogP contribution is 2.12. The lowest BCUT2D eigenvalue weighted by molar-refractivity contribution is 0.102. The molecule has 86 valence electrons. The van der Waals surface area contributed by atoms with Crippen LogP contribution in [-0.2, 0) is 15.6 Å². The summed E-state index contributed by atoms with van der Waals surface area (Å²) in [6, 6.07) is 6.48. The number of aromatic hydroxyl groups is 1. The van der Waals surface area contributed by atoms with Crippen molar-refractivity contribution in [3.05, 3.63) is 29.8 Å². The van der Waals surface area contributed by atoms with Crippen molar-refractivity contribution in [1.82, 2.24) is 0 Å². The lowest BCUT2D eigenvalue weighted by Gasteiger charge is -2.13. The summed E-state index contributed by atoms with van der Waals surface area (Å²) in [5.74, 6) is 3.00. The van der Waals surface area contributed by atoms with E-state index in [0.29, 0.717) is 11.3 Å². The van der Waals surface area contributed by atoms with Gasteiger partial charge in [-0.3, -0.25) is 4.79 Å². The fraction of sp³-hybridized carbons (Fsp3) is 0.417. The van der Waals surface area contributed by atoms with Crippen LogP contribution >= 0.6 is 0 Å². The summed E-state index contributed by atoms with van der Waals surface area (Å²) in [5, 5.41) is 9.13. The average molecular weight is 239 g/mol. The van der Waals surface area contributed by atoms with Crippen molar-refractivity contribution in [2.75, 3.05) is 30.5 Å². The van der Waals surface area contributed by atoms with Crippen LogP contribution in [0.3, 0.4) is 0 Å². The molecule has 1 saturated heterocycles. The number of carbonyl (C=O) groups is 1. The van der Waals surface area contributed by atoms with Gasteiger partial charge in [0, 0.05) is 16.5 Å². The Labute approximate surface area is 97.8 Å². The van der Waals surface area contributed by atoms with Gasteiger partial charge < -0.3 is 9.84 Å². The molecule has 0 bridgehead atoms. The van der Waals surface area contributed by atoms with E-state index in [1.165, 1.54) is 0 Å². The van der Waals surface area contributed by atoms with Gasteiger partial charge in [-0.05, 0) is 24.3 Å². The van der Waals surface area contributed by atoms with Crippen LogP contribution in [0.4, 0.5) is 0 Å². The zero-order valence-electron chi connectivity index (χ0n) is 9.02. The molecule has 1 aromatic carbocycles. The number of phenols is 1. The van der Waals surface area contributed by atoms with E-state index in [2.05, 4.69) is 0 Å². The number of Topliss-reactive ketones (excluding diaryl/α,β-unsaturated/α-hetero) is 1. The first kappa shape index (κ1) is 11.5. The molecule has 1 heterocycles. The minimum atomic E-state index is 0.172. The molecular weight excluding hydrogens is 224 g/mol. The summed E-state index contributed by atoms with van der Waals surface area (Å²) in [5.41, 5.74) is 0.691. The molecule has 0 amide bonds. The van der Waals surface area contributed by atoms with Crippen molar-refractivity contribution in [3.63, 3.8) is 0 Å². The van der Waals surface area contributed by atoms with Crippen LogP contribution in [-0.4, -0.2) is 41.4 Å². The maximum atomic E-state index is 11.9. The molecule has 1 fully saturated rings. The minimum absolute atomic E-state index is 0.172. The summed E-state index contributed by atoms with van der Waals surface area (Å²) in [7, 11) is 0.182. The third-order valence-electron chi connectivity index (χ3n) is 2.56. The molecule has 0 saturated carbocycles. The molecule has 1 aromatic rings. The first-order chi connectivity index (χ1) is 7.75. The average Bonchev–Trinajstić information content (AvgIpc) is 2.31. The number of ether oxygens (including phenoxy) is 1. The molecule has 4 heteroatoms. The molecule has 0 spiro atoms. The lowest BCUT2D eigenvalue weighted by atomic mass is 10.1. The zero-order chi connectivity index (χ0) is 11.4. The Bertz CT molecular complexity index is 355. The van der Waals surface area contributed by atoms with E-state index in [1.807, 2.05) is 0 Å². The predicted octanol–water partition coefficient (Wildman–Crippen LogP) is 1.22. The molecule has 1 aliphatic rings. The first-order valence-corrected chi connectivity index (χ1v) is 7.03. The van der Waals surface area contributed by atoms with Gasteiger partial charge in [-0.1, -0.05) is 0 Å². The molecule has 1 aliphatic heterocycles. The SMILES string of the molecule is O=C(C[S+]1CCOCC1)c1ccc(O)cc1. The van der Waals surface area contributed by atoms with Gasteiger partial charge in [-0.15, -0.1) is 0 Å². The summed E-state index contributed by atoms with van der Waals surface area (Å²) in [6.07, 6.45) is 0. The topological polar surface area (TPSA) is 46.5 Å². The van der Waals surface area contributed by atoms with E-state index in [-0.39, 0.29) is 22.4 Å². The normalized spacial score (nSPS) is 17.2. The van der Waals surface area contributed by atoms with Crippen molar-refractivity contribution in [1.29, 1.82) is 0 Å². The number of hydrogen-bond acceptors (Lipinski definition) is 3. The standard InChI is InChI=1S/C12H14O3S/c13-11-3-1-10(2-4-11)12(14)9-16-7-5-15-6-8-16/h1-4H,5-9H2/p+1. The molecule has 0 aliphatic carbocycles. The summed E-state index contributed by atoms with van der Waals surface area (Å²) < 4.78 is 5.27. The van der Waals surface area contributed by atoms with E-state index in [9.17, 15) is 4.79 Å². The third-order valence-corrected chi connectivity index (χ3v) is 4.72. The van der Waals surface area contributed by atoms with Gasteiger partial charge in [0.25, 0.3) is 0 Å². The molecule has 0 unspecified atom stereocenters. The van der Waals surface area contributed by atoms with Crippen molar-refractivity contribution >= 4 is 16.7 Å². The summed E-state index contributed by atoms with van der Waals surface area (Å²) in [6.45, 7) is 1.57. The second-order valence-electron chi connectivity index (χ2n) is 3.75. The molecule has 0 aromatic heterocycles. The van der Waals surface area contributed by atoms with Crippen molar-refractivity contribution in [2.24, 2.45) is 0 Å². The lowest BCUT2D eigenvalue weighted by Crippen LogP contribution is -2.31. The Balaban J connectivity index is 1.94. The van der Waals surface area contributed by atoms with Gasteiger partial charge in [-0.25, -0.2) is 0 Å². The van der Waals surface area contributed by atoms with Gasteiger partial charge in [-0.2, -0.15) is 0 Å². The second kappa shape index (κ2) is 5.37. The highest BCUT2D eigenvalue weighted by Gasteiger charge is 2.26. The number of phenolic OH excluding ortho intramolecular Hbond substituents is 1. The van der Waals surface area contributed by atoms with Crippen molar-refractivity contribution in [3.8, 4) is 5.75 Å². The largest absolute Gasteiger partial charge is 0.508 e. The molecule has 1 N–H and O–H groups in total. The quantitative estimate of drug-likeness (QED) is 0.637. The van der Waals surface area contributed by atoms with E-state index in [1.54, 1.807) is 24.3 Å². The van der Waals surface area contributed by atoms with Crippen LogP contribution in [0.1, 0.15) is 10.4 Å². The Hall–Kier alpha value is -1.00. The molecular formula is C12H15O3S+. The number of ketones is 1. The Morgan fingerprint density at radius 2 is 1.88 bits per heavy atom. The Morgan fingerprint density at radius 1 is 1.25 bits per heavy atom. The van der Waals surface area contributed by atoms with Crippen LogP contribution in [0, 0.1) is 0 Å². The Morgan fingerprint density at radius 3 is 2.50 bits per heavy atom.